The summed E-state index contributed by atoms with van der Waals surface area (Å²) in [7, 11) is 1.29. The molecule has 2 bridgehead atoms. The molecule has 0 spiro atoms. The molecule has 0 aromatic carbocycles. The Kier molecular flexibility index (Phi) is 2.96. The summed E-state index contributed by atoms with van der Waals surface area (Å²) in [5.74, 6) is -1.25. The van der Waals surface area contributed by atoms with E-state index in [0.29, 0.717) is 0 Å². The van der Waals surface area contributed by atoms with Crippen LogP contribution in [0.2, 0.25) is 0 Å². The molecule has 0 aromatic heterocycles. The van der Waals surface area contributed by atoms with Gasteiger partial charge in [0, 0.05) is 0 Å². The Morgan fingerprint density at radius 2 is 1.70 bits per heavy atom. The fraction of sp³-hybridized carbons (Fsp3) is 0.667. The number of nitrogens with zero attached hydrogens (tertiary/aromatic N) is 1. The van der Waals surface area contributed by atoms with Gasteiger partial charge < -0.3 is 4.74 Å². The number of methoxy groups -OCH3 is 1. The number of rotatable bonds is 3. The summed E-state index contributed by atoms with van der Waals surface area (Å²) in [6.45, 7) is 3.65. The van der Waals surface area contributed by atoms with E-state index < -0.39 is 12.0 Å². The van der Waals surface area contributed by atoms with Gasteiger partial charge >= 0.3 is 5.97 Å². The average molecular weight is 277 g/mol. The molecule has 5 heteroatoms. The Labute approximate surface area is 117 Å². The number of carbonyl (C=O) groups excluding carboxylic acids is 3. The summed E-state index contributed by atoms with van der Waals surface area (Å²) >= 11 is 0. The minimum atomic E-state index is -0.801. The van der Waals surface area contributed by atoms with Crippen LogP contribution in [-0.2, 0) is 19.1 Å². The van der Waals surface area contributed by atoms with E-state index in [1.165, 1.54) is 12.0 Å². The number of imide groups is 1. The number of carbonyl (C=O) groups is 3. The zero-order chi connectivity index (χ0) is 14.6. The quantitative estimate of drug-likeness (QED) is 0.438. The minimum absolute atomic E-state index is 0.153. The molecular formula is C15H19NO4. The van der Waals surface area contributed by atoms with Gasteiger partial charge in [-0.2, -0.15) is 0 Å². The number of hydrogen-bond acceptors (Lipinski definition) is 4. The van der Waals surface area contributed by atoms with Crippen molar-refractivity contribution in [2.75, 3.05) is 7.11 Å². The van der Waals surface area contributed by atoms with Gasteiger partial charge in [0.05, 0.1) is 18.9 Å². The molecule has 2 aliphatic carbocycles. The fourth-order valence-electron chi connectivity index (χ4n) is 4.00. The van der Waals surface area contributed by atoms with Gasteiger partial charge in [0.15, 0.2) is 0 Å². The van der Waals surface area contributed by atoms with Crippen molar-refractivity contribution in [1.29, 1.82) is 0 Å². The number of ether oxygens (including phenoxy) is 1. The zero-order valence-corrected chi connectivity index (χ0v) is 11.9. The van der Waals surface area contributed by atoms with Gasteiger partial charge in [-0.1, -0.05) is 26.0 Å². The number of hydrogen-bond donors (Lipinski definition) is 0. The molecule has 0 radical (unpaired) electrons. The molecular weight excluding hydrogens is 258 g/mol. The lowest BCUT2D eigenvalue weighted by Gasteiger charge is -2.28. The van der Waals surface area contributed by atoms with Gasteiger partial charge in [-0.25, -0.2) is 4.79 Å². The van der Waals surface area contributed by atoms with Crippen LogP contribution in [-0.4, -0.2) is 35.8 Å². The second-order valence-corrected chi connectivity index (χ2v) is 6.26. The predicted molar refractivity (Wildman–Crippen MR) is 70.2 cm³/mol. The number of fused-ring (bicyclic) bond motifs is 5. The van der Waals surface area contributed by atoms with Crippen LogP contribution < -0.4 is 0 Å². The molecule has 1 aliphatic heterocycles. The maximum Gasteiger partial charge on any atom is 0.329 e. The molecule has 1 heterocycles. The lowest BCUT2D eigenvalue weighted by Crippen LogP contribution is -2.49. The van der Waals surface area contributed by atoms with Gasteiger partial charge in [0.25, 0.3) is 0 Å². The van der Waals surface area contributed by atoms with E-state index in [0.717, 1.165) is 6.42 Å². The SMILES string of the molecule is COC(=O)[C@@H](C(C)C)N1C(=O)[C@@H]2[C@H](C1=O)[C@H]1C=C[C@H]2C1. The Morgan fingerprint density at radius 1 is 1.20 bits per heavy atom. The Morgan fingerprint density at radius 3 is 2.10 bits per heavy atom. The third-order valence-electron chi connectivity index (χ3n) is 4.86. The Bertz CT molecular complexity index is 480. The standard InChI is InChI=1S/C15H19NO4/c1-7(2)12(15(19)20-3)16-13(17)10-8-4-5-9(6-8)11(10)14(16)18/h4-5,7-12H,6H2,1-3H3/t8-,9-,10-,11+,12+/m0/s1. The molecule has 0 aromatic rings. The van der Waals surface area contributed by atoms with E-state index in [1.807, 2.05) is 26.0 Å². The molecule has 3 aliphatic rings. The van der Waals surface area contributed by atoms with Crippen molar-refractivity contribution < 1.29 is 19.1 Å². The van der Waals surface area contributed by atoms with Crippen LogP contribution in [0, 0.1) is 29.6 Å². The highest BCUT2D eigenvalue weighted by atomic mass is 16.5. The first-order chi connectivity index (χ1) is 9.47. The highest BCUT2D eigenvalue weighted by molar-refractivity contribution is 6.09. The summed E-state index contributed by atoms with van der Waals surface area (Å²) < 4.78 is 4.77. The fourth-order valence-corrected chi connectivity index (χ4v) is 4.00. The largest absolute Gasteiger partial charge is 0.467 e. The van der Waals surface area contributed by atoms with E-state index >= 15 is 0 Å². The number of likely N-dealkylation sites (tertiary alicyclic amines) is 1. The van der Waals surface area contributed by atoms with E-state index in [9.17, 15) is 14.4 Å². The third-order valence-corrected chi connectivity index (χ3v) is 4.86. The third kappa shape index (κ3) is 1.58. The lowest BCUT2D eigenvalue weighted by atomic mass is 9.85. The summed E-state index contributed by atoms with van der Waals surface area (Å²) in [5.41, 5.74) is 0. The first-order valence-corrected chi connectivity index (χ1v) is 7.10. The van der Waals surface area contributed by atoms with Crippen LogP contribution in [0.15, 0.2) is 12.2 Å². The summed E-state index contributed by atoms with van der Waals surface area (Å²) in [6, 6.07) is -0.801. The molecule has 5 nitrogen and oxygen atoms in total. The van der Waals surface area contributed by atoms with E-state index in [2.05, 4.69) is 0 Å². The first kappa shape index (κ1) is 13.3. The Hall–Kier alpha value is -1.65. The van der Waals surface area contributed by atoms with Crippen molar-refractivity contribution in [3.8, 4) is 0 Å². The van der Waals surface area contributed by atoms with Crippen molar-refractivity contribution >= 4 is 17.8 Å². The smallest absolute Gasteiger partial charge is 0.329 e. The molecule has 3 rings (SSSR count). The van der Waals surface area contributed by atoms with Crippen molar-refractivity contribution in [1.82, 2.24) is 4.90 Å². The number of amides is 2. The van der Waals surface area contributed by atoms with E-state index in [4.69, 9.17) is 4.74 Å². The molecule has 1 saturated carbocycles. The van der Waals surface area contributed by atoms with E-state index in [-0.39, 0.29) is 41.4 Å². The summed E-state index contributed by atoms with van der Waals surface area (Å²) in [5, 5.41) is 0. The normalized spacial score (nSPS) is 35.9. The highest BCUT2D eigenvalue weighted by Gasteiger charge is 2.61. The second kappa shape index (κ2) is 4.43. The molecule has 0 N–H and O–H groups in total. The van der Waals surface area contributed by atoms with Crippen molar-refractivity contribution in [3.05, 3.63) is 12.2 Å². The monoisotopic (exact) mass is 277 g/mol. The molecule has 5 atom stereocenters. The van der Waals surface area contributed by atoms with Gasteiger partial charge in [-0.05, 0) is 24.2 Å². The predicted octanol–water partition coefficient (Wildman–Crippen LogP) is 0.991. The summed E-state index contributed by atoms with van der Waals surface area (Å²) in [4.78, 5) is 38.4. The first-order valence-electron chi connectivity index (χ1n) is 7.10. The molecule has 108 valence electrons. The van der Waals surface area contributed by atoms with Crippen LogP contribution in [0.4, 0.5) is 0 Å². The molecule has 2 amide bonds. The number of esters is 1. The second-order valence-electron chi connectivity index (χ2n) is 6.26. The van der Waals surface area contributed by atoms with Crippen molar-refractivity contribution in [2.24, 2.45) is 29.6 Å². The van der Waals surface area contributed by atoms with Crippen LogP contribution in [0.25, 0.3) is 0 Å². The summed E-state index contributed by atoms with van der Waals surface area (Å²) in [6.07, 6.45) is 4.98. The highest BCUT2D eigenvalue weighted by Crippen LogP contribution is 2.53. The molecule has 2 fully saturated rings. The van der Waals surface area contributed by atoms with Crippen LogP contribution >= 0.6 is 0 Å². The lowest BCUT2D eigenvalue weighted by molar-refractivity contribution is -0.159. The van der Waals surface area contributed by atoms with Crippen molar-refractivity contribution in [2.45, 2.75) is 26.3 Å². The molecule has 20 heavy (non-hydrogen) atoms. The topological polar surface area (TPSA) is 63.7 Å². The molecule has 1 saturated heterocycles. The van der Waals surface area contributed by atoms with Gasteiger partial charge in [-0.15, -0.1) is 0 Å². The van der Waals surface area contributed by atoms with E-state index in [1.54, 1.807) is 0 Å². The van der Waals surface area contributed by atoms with Gasteiger partial charge in [-0.3, -0.25) is 14.5 Å². The number of allylic oxidation sites excluding steroid dienone is 2. The zero-order valence-electron chi connectivity index (χ0n) is 11.9. The van der Waals surface area contributed by atoms with Gasteiger partial charge in [0.2, 0.25) is 11.8 Å². The van der Waals surface area contributed by atoms with Crippen LogP contribution in [0.1, 0.15) is 20.3 Å². The van der Waals surface area contributed by atoms with Gasteiger partial charge in [0.1, 0.15) is 6.04 Å². The van der Waals surface area contributed by atoms with Crippen LogP contribution in [0.5, 0.6) is 0 Å². The van der Waals surface area contributed by atoms with Crippen molar-refractivity contribution in [3.63, 3.8) is 0 Å². The maximum atomic E-state index is 12.6. The average Bonchev–Trinajstić information content (AvgIpc) is 3.07. The maximum absolute atomic E-state index is 12.6. The molecule has 0 unspecified atom stereocenters. The van der Waals surface area contributed by atoms with Crippen LogP contribution in [0.3, 0.4) is 0 Å². The Balaban J connectivity index is 1.94. The minimum Gasteiger partial charge on any atom is -0.467 e.